The van der Waals surface area contributed by atoms with Crippen LogP contribution in [0.25, 0.3) is 22.0 Å². The minimum atomic E-state index is -0.734. The molecule has 1 aliphatic heterocycles. The lowest BCUT2D eigenvalue weighted by atomic mass is 9.99. The third kappa shape index (κ3) is 5.66. The molecule has 1 unspecified atom stereocenters. The van der Waals surface area contributed by atoms with Crippen molar-refractivity contribution in [2.45, 2.75) is 39.3 Å². The lowest BCUT2D eigenvalue weighted by molar-refractivity contribution is -0.137. The number of nitrogens with one attached hydrogen (secondary N) is 2. The largest absolute Gasteiger partial charge is 0.353 e. The van der Waals surface area contributed by atoms with Crippen LogP contribution in [0, 0.1) is 12.7 Å². The van der Waals surface area contributed by atoms with Crippen LogP contribution in [-0.2, 0) is 16.1 Å². The Morgan fingerprint density at radius 1 is 0.977 bits per heavy atom. The molecule has 5 aromatic rings. The molecule has 1 saturated heterocycles. The van der Waals surface area contributed by atoms with E-state index in [4.69, 9.17) is 0 Å². The maximum Gasteiger partial charge on any atom is 0.247 e. The Labute approximate surface area is 253 Å². The van der Waals surface area contributed by atoms with E-state index in [0.717, 1.165) is 16.8 Å². The molecule has 2 amide bonds. The second-order valence-electron chi connectivity index (χ2n) is 10.9. The Morgan fingerprint density at radius 3 is 2.52 bits per heavy atom. The van der Waals surface area contributed by atoms with Gasteiger partial charge in [-0.05, 0) is 62.1 Å². The van der Waals surface area contributed by atoms with E-state index in [9.17, 15) is 14.4 Å². The molecule has 1 atom stereocenters. The molecule has 3 heterocycles. The van der Waals surface area contributed by atoms with Gasteiger partial charge in [0, 0.05) is 40.5 Å². The molecule has 0 radical (unpaired) electrons. The summed E-state index contributed by atoms with van der Waals surface area (Å²) in [5.41, 5.74) is 4.79. The van der Waals surface area contributed by atoms with Crippen molar-refractivity contribution in [1.82, 2.24) is 19.4 Å². The first-order valence-corrected chi connectivity index (χ1v) is 14.4. The second-order valence-corrected chi connectivity index (χ2v) is 10.9. The fourth-order valence-corrected chi connectivity index (χ4v) is 5.82. The molecule has 0 aliphatic carbocycles. The quantitative estimate of drug-likeness (QED) is 0.211. The number of Topliss-reactive ketones (excluding diaryl/α,β-unsaturated/α-hetero) is 1. The van der Waals surface area contributed by atoms with Gasteiger partial charge in [-0.15, -0.1) is 0 Å². The Morgan fingerprint density at radius 2 is 1.75 bits per heavy atom. The van der Waals surface area contributed by atoms with Gasteiger partial charge in [-0.1, -0.05) is 36.4 Å². The number of hydrogen-bond donors (Lipinski definition) is 2. The van der Waals surface area contributed by atoms with Crippen LogP contribution in [0.5, 0.6) is 0 Å². The van der Waals surface area contributed by atoms with Gasteiger partial charge in [0.05, 0.1) is 23.8 Å². The number of hydrogen-bond acceptors (Lipinski definition) is 6. The zero-order valence-corrected chi connectivity index (χ0v) is 24.4. The number of nitrogens with zero attached hydrogens (tertiary/aromatic N) is 4. The van der Waals surface area contributed by atoms with Gasteiger partial charge < -0.3 is 20.1 Å². The molecule has 0 bridgehead atoms. The van der Waals surface area contributed by atoms with Gasteiger partial charge in [-0.25, -0.2) is 14.4 Å². The lowest BCUT2D eigenvalue weighted by Crippen LogP contribution is -2.44. The van der Waals surface area contributed by atoms with Gasteiger partial charge in [0.15, 0.2) is 11.6 Å². The van der Waals surface area contributed by atoms with Crippen molar-refractivity contribution in [1.29, 1.82) is 0 Å². The maximum absolute atomic E-state index is 15.6. The number of benzene rings is 3. The molecule has 1 fully saturated rings. The molecule has 2 N–H and O–H groups in total. The third-order valence-electron chi connectivity index (χ3n) is 7.98. The van der Waals surface area contributed by atoms with Gasteiger partial charge in [0.2, 0.25) is 11.8 Å². The molecule has 2 aromatic heterocycles. The number of fused-ring (bicyclic) bond motifs is 1. The highest BCUT2D eigenvalue weighted by Gasteiger charge is 2.35. The number of carbonyl (C=O) groups is 3. The Bertz CT molecular complexity index is 1890. The van der Waals surface area contributed by atoms with Crippen LogP contribution in [0.4, 0.5) is 21.5 Å². The Hall–Kier alpha value is -5.38. The summed E-state index contributed by atoms with van der Waals surface area (Å²) in [4.78, 5) is 49.1. The normalized spacial score (nSPS) is 14.5. The van der Waals surface area contributed by atoms with Crippen molar-refractivity contribution in [3.63, 3.8) is 0 Å². The molecule has 44 heavy (non-hydrogen) atoms. The summed E-state index contributed by atoms with van der Waals surface area (Å²) >= 11 is 0. The number of halogens is 1. The third-order valence-corrected chi connectivity index (χ3v) is 7.98. The molecule has 222 valence electrons. The smallest absolute Gasteiger partial charge is 0.247 e. The zero-order chi connectivity index (χ0) is 30.8. The maximum atomic E-state index is 15.6. The second kappa shape index (κ2) is 12.1. The van der Waals surface area contributed by atoms with Crippen LogP contribution in [0.1, 0.15) is 35.7 Å². The van der Waals surface area contributed by atoms with E-state index in [1.165, 1.54) is 19.3 Å². The van der Waals surface area contributed by atoms with Crippen LogP contribution in [-0.4, -0.2) is 49.6 Å². The van der Waals surface area contributed by atoms with E-state index in [1.54, 1.807) is 40.2 Å². The van der Waals surface area contributed by atoms with Gasteiger partial charge in [-0.2, -0.15) is 0 Å². The number of anilines is 3. The summed E-state index contributed by atoms with van der Waals surface area (Å²) in [6, 6.07) is 17.2. The summed E-state index contributed by atoms with van der Waals surface area (Å²) in [5, 5.41) is 6.65. The number of ketones is 1. The number of likely N-dealkylation sites (tertiary alicyclic amines) is 1. The molecule has 9 nitrogen and oxygen atoms in total. The van der Waals surface area contributed by atoms with Crippen molar-refractivity contribution in [2.24, 2.45) is 0 Å². The molecule has 1 aliphatic rings. The average molecular weight is 591 g/mol. The topological polar surface area (TPSA) is 109 Å². The minimum absolute atomic E-state index is 0.0516. The zero-order valence-electron chi connectivity index (χ0n) is 24.4. The van der Waals surface area contributed by atoms with Gasteiger partial charge in [0.1, 0.15) is 18.9 Å². The van der Waals surface area contributed by atoms with E-state index in [-0.39, 0.29) is 23.9 Å². The first-order valence-electron chi connectivity index (χ1n) is 14.4. The fourth-order valence-electron chi connectivity index (χ4n) is 5.82. The average Bonchev–Trinajstić information content (AvgIpc) is 3.65. The molecule has 10 heteroatoms. The molecule has 0 saturated carbocycles. The predicted octanol–water partition coefficient (Wildman–Crippen LogP) is 6.12. The molecule has 3 aromatic carbocycles. The van der Waals surface area contributed by atoms with Gasteiger partial charge in [0.25, 0.3) is 0 Å². The summed E-state index contributed by atoms with van der Waals surface area (Å²) in [6.45, 7) is 3.75. The van der Waals surface area contributed by atoms with Gasteiger partial charge >= 0.3 is 0 Å². The number of amides is 2. The first kappa shape index (κ1) is 28.7. The van der Waals surface area contributed by atoms with E-state index in [2.05, 4.69) is 20.6 Å². The summed E-state index contributed by atoms with van der Waals surface area (Å²) in [6.07, 6.45) is 7.53. The Kier molecular flexibility index (Phi) is 7.89. The number of aryl methyl sites for hydroxylation is 1. The number of carbonyl (C=O) groups excluding carboxylic acids is 3. The minimum Gasteiger partial charge on any atom is -0.353 e. The molecular formula is C34H31FN6O3. The highest BCUT2D eigenvalue weighted by atomic mass is 19.1. The molecule has 0 spiro atoms. The highest BCUT2D eigenvalue weighted by Crippen LogP contribution is 2.31. The predicted molar refractivity (Wildman–Crippen MR) is 167 cm³/mol. The summed E-state index contributed by atoms with van der Waals surface area (Å²) in [7, 11) is 0. The number of aromatic nitrogens is 3. The summed E-state index contributed by atoms with van der Waals surface area (Å²) < 4.78 is 17.3. The van der Waals surface area contributed by atoms with Crippen LogP contribution in [0.2, 0.25) is 0 Å². The van der Waals surface area contributed by atoms with Gasteiger partial charge in [-0.3, -0.25) is 14.4 Å². The van der Waals surface area contributed by atoms with E-state index >= 15 is 4.39 Å². The van der Waals surface area contributed by atoms with Crippen molar-refractivity contribution < 1.29 is 18.8 Å². The van der Waals surface area contributed by atoms with Crippen molar-refractivity contribution in [3.05, 3.63) is 103 Å². The van der Waals surface area contributed by atoms with Crippen molar-refractivity contribution in [3.8, 4) is 11.1 Å². The monoisotopic (exact) mass is 590 g/mol. The molecular weight excluding hydrogens is 559 g/mol. The fraction of sp³-hybridized carbons (Fsp3) is 0.206. The summed E-state index contributed by atoms with van der Waals surface area (Å²) in [5.74, 6) is -1.34. The lowest BCUT2D eigenvalue weighted by Gasteiger charge is -2.24. The van der Waals surface area contributed by atoms with E-state index in [1.807, 2.05) is 49.4 Å². The van der Waals surface area contributed by atoms with Crippen LogP contribution in [0.3, 0.4) is 0 Å². The van der Waals surface area contributed by atoms with Crippen LogP contribution in [0.15, 0.2) is 85.6 Å². The molecule has 6 rings (SSSR count). The highest BCUT2D eigenvalue weighted by molar-refractivity contribution is 6.08. The number of rotatable bonds is 8. The standard InChI is InChI=1S/C34H31FN6O3/c1-21-7-3-4-8-25(21)26-9-5-10-29(33(26)35)39-34(44)31-11-6-14-41(31)32(43)19-40-18-28(22(2)42)27-15-23(12-13-30(27)40)38-24-16-36-20-37-17-24/h3-5,7-10,12-13,15-18,20,31,38H,6,11,14,19H2,1-2H3,(H,39,44). The SMILES string of the molecule is CC(=O)c1cn(CC(=O)N2CCCC2C(=O)Nc2cccc(-c3ccccc3C)c2F)c2ccc(Nc3cncnc3)cc12. The van der Waals surface area contributed by atoms with Crippen LogP contribution < -0.4 is 10.6 Å². The Balaban J connectivity index is 1.21. The van der Waals surface area contributed by atoms with E-state index in [0.29, 0.717) is 47.1 Å². The van der Waals surface area contributed by atoms with Crippen molar-refractivity contribution >= 4 is 45.6 Å². The van der Waals surface area contributed by atoms with Crippen molar-refractivity contribution in [2.75, 3.05) is 17.2 Å². The van der Waals surface area contributed by atoms with E-state index < -0.39 is 17.8 Å². The first-order chi connectivity index (χ1) is 21.3. The van der Waals surface area contributed by atoms with Crippen LogP contribution >= 0.6 is 0 Å².